The molecule has 0 saturated heterocycles. The summed E-state index contributed by atoms with van der Waals surface area (Å²) >= 11 is 0. The Morgan fingerprint density at radius 2 is 1.70 bits per heavy atom. The molecule has 98 valence electrons. The van der Waals surface area contributed by atoms with Crippen LogP contribution in [0.2, 0.25) is 0 Å². The standard InChI is InChI=1S/C16H11NO3/c18-16(17-19)13-10-12-8-4-5-9-14(12)20-15(13)11-6-2-1-3-7-11/h1-10,15H. The molecule has 0 radical (unpaired) electrons. The first-order valence-corrected chi connectivity index (χ1v) is 6.19. The Kier molecular flexibility index (Phi) is 3.13. The first-order chi connectivity index (χ1) is 9.79. The van der Waals surface area contributed by atoms with Gasteiger partial charge in [-0.1, -0.05) is 48.5 Å². The average Bonchev–Trinajstić information content (AvgIpc) is 2.53. The highest BCUT2D eigenvalue weighted by atomic mass is 16.5. The van der Waals surface area contributed by atoms with Gasteiger partial charge in [-0.2, -0.15) is 0 Å². The van der Waals surface area contributed by atoms with Crippen LogP contribution in [0.3, 0.4) is 0 Å². The predicted molar refractivity (Wildman–Crippen MR) is 75.0 cm³/mol. The van der Waals surface area contributed by atoms with Crippen molar-refractivity contribution in [3.8, 4) is 5.75 Å². The summed E-state index contributed by atoms with van der Waals surface area (Å²) in [5, 5.41) is 2.52. The summed E-state index contributed by atoms with van der Waals surface area (Å²) in [7, 11) is 0. The SMILES string of the molecule is O=NC(=O)C1=Cc2ccccc2OC1c1ccccc1. The van der Waals surface area contributed by atoms with Crippen LogP contribution in [0, 0.1) is 4.91 Å². The summed E-state index contributed by atoms with van der Waals surface area (Å²) in [6.45, 7) is 0. The van der Waals surface area contributed by atoms with E-state index in [0.717, 1.165) is 11.1 Å². The second-order valence-corrected chi connectivity index (χ2v) is 4.44. The van der Waals surface area contributed by atoms with E-state index >= 15 is 0 Å². The van der Waals surface area contributed by atoms with Crippen LogP contribution in [0.15, 0.2) is 65.3 Å². The number of nitroso groups, excluding NO2 is 1. The highest BCUT2D eigenvalue weighted by Crippen LogP contribution is 2.37. The van der Waals surface area contributed by atoms with E-state index in [1.165, 1.54) is 0 Å². The zero-order valence-electron chi connectivity index (χ0n) is 10.5. The molecule has 20 heavy (non-hydrogen) atoms. The van der Waals surface area contributed by atoms with Gasteiger partial charge in [-0.05, 0) is 17.7 Å². The number of fused-ring (bicyclic) bond motifs is 1. The molecule has 0 aromatic heterocycles. The Bertz CT molecular complexity index is 692. The van der Waals surface area contributed by atoms with Gasteiger partial charge < -0.3 is 4.74 Å². The molecule has 2 aromatic carbocycles. The van der Waals surface area contributed by atoms with Gasteiger partial charge in [0.15, 0.2) is 6.10 Å². The third-order valence-electron chi connectivity index (χ3n) is 3.19. The molecular weight excluding hydrogens is 254 g/mol. The Labute approximate surface area is 115 Å². The fourth-order valence-electron chi connectivity index (χ4n) is 2.24. The predicted octanol–water partition coefficient (Wildman–Crippen LogP) is 3.50. The summed E-state index contributed by atoms with van der Waals surface area (Å²) in [6, 6.07) is 16.7. The largest absolute Gasteiger partial charge is 0.480 e. The van der Waals surface area contributed by atoms with E-state index < -0.39 is 12.0 Å². The normalized spacial score (nSPS) is 16.6. The van der Waals surface area contributed by atoms with E-state index in [9.17, 15) is 9.70 Å². The van der Waals surface area contributed by atoms with Crippen molar-refractivity contribution in [3.05, 3.63) is 76.2 Å². The lowest BCUT2D eigenvalue weighted by atomic mass is 9.96. The third-order valence-corrected chi connectivity index (χ3v) is 3.19. The van der Waals surface area contributed by atoms with Gasteiger partial charge in [-0.25, -0.2) is 0 Å². The van der Waals surface area contributed by atoms with E-state index in [-0.39, 0.29) is 5.57 Å². The van der Waals surface area contributed by atoms with Gasteiger partial charge in [-0.15, -0.1) is 4.91 Å². The van der Waals surface area contributed by atoms with Crippen LogP contribution < -0.4 is 4.74 Å². The number of nitrogens with zero attached hydrogens (tertiary/aromatic N) is 1. The number of benzene rings is 2. The molecule has 0 bridgehead atoms. The molecule has 4 heteroatoms. The minimum absolute atomic E-state index is 0.255. The molecule has 0 N–H and O–H groups in total. The molecule has 1 atom stereocenters. The molecule has 0 aliphatic carbocycles. The van der Waals surface area contributed by atoms with Crippen LogP contribution in [-0.4, -0.2) is 5.91 Å². The minimum atomic E-state index is -0.798. The van der Waals surface area contributed by atoms with E-state index in [2.05, 4.69) is 5.18 Å². The summed E-state index contributed by atoms with van der Waals surface area (Å²) in [5.74, 6) is -0.114. The van der Waals surface area contributed by atoms with Crippen molar-refractivity contribution in [2.75, 3.05) is 0 Å². The topological polar surface area (TPSA) is 55.7 Å². The van der Waals surface area contributed by atoms with Gasteiger partial charge >= 0.3 is 5.91 Å². The van der Waals surface area contributed by atoms with Crippen LogP contribution >= 0.6 is 0 Å². The Balaban J connectivity index is 2.11. The van der Waals surface area contributed by atoms with Crippen LogP contribution in [0.5, 0.6) is 5.75 Å². The van der Waals surface area contributed by atoms with Gasteiger partial charge in [0.2, 0.25) is 0 Å². The molecule has 2 aromatic rings. The second-order valence-electron chi connectivity index (χ2n) is 4.44. The summed E-state index contributed by atoms with van der Waals surface area (Å²) in [4.78, 5) is 22.3. The molecule has 3 rings (SSSR count). The number of ether oxygens (including phenoxy) is 1. The van der Waals surface area contributed by atoms with Gasteiger partial charge in [0.05, 0.1) is 5.57 Å². The third kappa shape index (κ3) is 2.12. The lowest BCUT2D eigenvalue weighted by Gasteiger charge is -2.25. The van der Waals surface area contributed by atoms with E-state index in [1.54, 1.807) is 6.08 Å². The fourth-order valence-corrected chi connectivity index (χ4v) is 2.24. The maximum absolute atomic E-state index is 11.7. The Morgan fingerprint density at radius 3 is 2.45 bits per heavy atom. The highest BCUT2D eigenvalue weighted by Gasteiger charge is 2.29. The molecular formula is C16H11NO3. The minimum Gasteiger partial charge on any atom is -0.480 e. The first kappa shape index (κ1) is 12.3. The van der Waals surface area contributed by atoms with Crippen molar-refractivity contribution < 1.29 is 9.53 Å². The maximum atomic E-state index is 11.7. The molecule has 1 aliphatic rings. The molecule has 4 nitrogen and oxygen atoms in total. The number of rotatable bonds is 2. The van der Waals surface area contributed by atoms with Gasteiger partial charge in [0, 0.05) is 10.7 Å². The van der Waals surface area contributed by atoms with Crippen molar-refractivity contribution in [1.29, 1.82) is 0 Å². The Morgan fingerprint density at radius 1 is 1.00 bits per heavy atom. The average molecular weight is 265 g/mol. The van der Waals surface area contributed by atoms with Crippen LogP contribution in [0.4, 0.5) is 0 Å². The second kappa shape index (κ2) is 5.09. The fraction of sp³-hybridized carbons (Fsp3) is 0.0625. The number of amides is 1. The number of hydrogen-bond acceptors (Lipinski definition) is 3. The zero-order chi connectivity index (χ0) is 13.9. The van der Waals surface area contributed by atoms with E-state index in [4.69, 9.17) is 4.74 Å². The van der Waals surface area contributed by atoms with Crippen LogP contribution in [0.1, 0.15) is 17.2 Å². The number of hydrogen-bond donors (Lipinski definition) is 0. The number of carbonyl (C=O) groups excluding carboxylic acids is 1. The summed E-state index contributed by atoms with van der Waals surface area (Å²) in [5.41, 5.74) is 1.84. The van der Waals surface area contributed by atoms with Crippen molar-refractivity contribution in [2.45, 2.75) is 6.10 Å². The molecule has 1 amide bonds. The van der Waals surface area contributed by atoms with Crippen molar-refractivity contribution in [3.63, 3.8) is 0 Å². The highest BCUT2D eigenvalue weighted by molar-refractivity contribution is 6.00. The smallest absolute Gasteiger partial charge is 0.316 e. The van der Waals surface area contributed by atoms with E-state index in [0.29, 0.717) is 5.75 Å². The lowest BCUT2D eigenvalue weighted by molar-refractivity contribution is -0.115. The van der Waals surface area contributed by atoms with Crippen molar-refractivity contribution >= 4 is 12.0 Å². The number of carbonyl (C=O) groups is 1. The summed E-state index contributed by atoms with van der Waals surface area (Å²) < 4.78 is 5.87. The van der Waals surface area contributed by atoms with Gasteiger partial charge in [0.25, 0.3) is 0 Å². The maximum Gasteiger partial charge on any atom is 0.316 e. The zero-order valence-corrected chi connectivity index (χ0v) is 10.5. The first-order valence-electron chi connectivity index (χ1n) is 6.19. The number of para-hydroxylation sites is 1. The molecule has 1 unspecified atom stereocenters. The summed E-state index contributed by atoms with van der Waals surface area (Å²) in [6.07, 6.45) is 1.07. The van der Waals surface area contributed by atoms with E-state index in [1.807, 2.05) is 54.6 Å². The van der Waals surface area contributed by atoms with Crippen molar-refractivity contribution in [2.24, 2.45) is 5.18 Å². The van der Waals surface area contributed by atoms with Gasteiger partial charge in [0.1, 0.15) is 5.75 Å². The van der Waals surface area contributed by atoms with Crippen molar-refractivity contribution in [1.82, 2.24) is 0 Å². The van der Waals surface area contributed by atoms with Gasteiger partial charge in [-0.3, -0.25) is 4.79 Å². The molecule has 0 saturated carbocycles. The quantitative estimate of drug-likeness (QED) is 0.781. The molecule has 1 heterocycles. The Hall–Kier alpha value is -2.75. The lowest BCUT2D eigenvalue weighted by Crippen LogP contribution is -2.19. The molecule has 0 fully saturated rings. The monoisotopic (exact) mass is 265 g/mol. The molecule has 1 aliphatic heterocycles. The van der Waals surface area contributed by atoms with Crippen LogP contribution in [-0.2, 0) is 4.79 Å². The van der Waals surface area contributed by atoms with Crippen LogP contribution in [0.25, 0.3) is 6.08 Å². The molecule has 0 spiro atoms.